The van der Waals surface area contributed by atoms with Crippen molar-refractivity contribution in [3.63, 3.8) is 0 Å². The summed E-state index contributed by atoms with van der Waals surface area (Å²) in [5, 5.41) is 0.877. The van der Waals surface area contributed by atoms with E-state index < -0.39 is 0 Å². The minimum absolute atomic E-state index is 0.261. The normalized spacial score (nSPS) is 9.89. The number of carbonyl (C=O) groups excluding carboxylic acids is 1. The molecule has 1 heterocycles. The molecule has 0 atom stereocenters. The lowest BCUT2D eigenvalue weighted by molar-refractivity contribution is 0.0962. The van der Waals surface area contributed by atoms with Crippen LogP contribution >= 0.6 is 23.2 Å². The number of halogens is 2. The Hall–Kier alpha value is -1.78. The van der Waals surface area contributed by atoms with E-state index in [1.165, 1.54) is 0 Å². The molecule has 0 saturated carbocycles. The summed E-state index contributed by atoms with van der Waals surface area (Å²) in [5.74, 6) is -0.261. The summed E-state index contributed by atoms with van der Waals surface area (Å²) in [6.45, 7) is 0. The van der Waals surface area contributed by atoms with Crippen molar-refractivity contribution >= 4 is 34.8 Å². The van der Waals surface area contributed by atoms with Gasteiger partial charge in [-0.15, -0.1) is 0 Å². The van der Waals surface area contributed by atoms with Gasteiger partial charge in [-0.05, 0) is 30.3 Å². The van der Waals surface area contributed by atoms with Gasteiger partial charge in [0.05, 0.1) is 15.7 Å². The molecule has 4 nitrogen and oxygen atoms in total. The smallest absolute Gasteiger partial charge is 0.269 e. The first-order valence-electron chi connectivity index (χ1n) is 5.08. The van der Waals surface area contributed by atoms with E-state index in [2.05, 4.69) is 15.8 Å². The number of pyridine rings is 1. The Morgan fingerprint density at radius 1 is 1.06 bits per heavy atom. The van der Waals surface area contributed by atoms with Crippen molar-refractivity contribution in [3.8, 4) is 0 Å². The van der Waals surface area contributed by atoms with Crippen LogP contribution in [0.25, 0.3) is 0 Å². The van der Waals surface area contributed by atoms with Crippen molar-refractivity contribution < 1.29 is 4.79 Å². The van der Waals surface area contributed by atoms with Gasteiger partial charge in [-0.1, -0.05) is 23.2 Å². The zero-order valence-corrected chi connectivity index (χ0v) is 10.7. The van der Waals surface area contributed by atoms with Gasteiger partial charge in [-0.2, -0.15) is 0 Å². The summed E-state index contributed by atoms with van der Waals surface area (Å²) in [6.07, 6.45) is 3.10. The van der Waals surface area contributed by atoms with Crippen molar-refractivity contribution in [2.75, 3.05) is 5.43 Å². The number of rotatable bonds is 3. The van der Waals surface area contributed by atoms with E-state index in [4.69, 9.17) is 23.2 Å². The van der Waals surface area contributed by atoms with Gasteiger partial charge in [0, 0.05) is 18.0 Å². The topological polar surface area (TPSA) is 54.0 Å². The highest BCUT2D eigenvalue weighted by molar-refractivity contribution is 6.42. The molecule has 0 unspecified atom stereocenters. The first-order valence-corrected chi connectivity index (χ1v) is 5.84. The minimum atomic E-state index is -0.261. The Balaban J connectivity index is 1.99. The van der Waals surface area contributed by atoms with E-state index in [1.807, 2.05) is 0 Å². The zero-order valence-electron chi connectivity index (χ0n) is 9.15. The van der Waals surface area contributed by atoms with Gasteiger partial charge >= 0.3 is 0 Å². The van der Waals surface area contributed by atoms with E-state index in [-0.39, 0.29) is 5.91 Å². The van der Waals surface area contributed by atoms with E-state index >= 15 is 0 Å². The highest BCUT2D eigenvalue weighted by Crippen LogP contribution is 2.24. The second-order valence-electron chi connectivity index (χ2n) is 3.44. The number of hydrogen-bond acceptors (Lipinski definition) is 3. The third kappa shape index (κ3) is 3.12. The van der Waals surface area contributed by atoms with Gasteiger partial charge in [-0.25, -0.2) is 0 Å². The van der Waals surface area contributed by atoms with Crippen LogP contribution < -0.4 is 10.9 Å². The van der Waals surface area contributed by atoms with Crippen LogP contribution in [-0.2, 0) is 0 Å². The number of nitrogens with one attached hydrogen (secondary N) is 2. The summed E-state index contributed by atoms with van der Waals surface area (Å²) in [5.41, 5.74) is 6.45. The maximum absolute atomic E-state index is 11.7. The standard InChI is InChI=1S/C12H9Cl2N3O/c13-10-2-1-9(7-11(10)14)16-17-12(18)8-3-5-15-6-4-8/h1-7,16H,(H,17,18). The molecule has 18 heavy (non-hydrogen) atoms. The molecule has 2 aromatic rings. The van der Waals surface area contributed by atoms with Crippen LogP contribution in [0.2, 0.25) is 10.0 Å². The van der Waals surface area contributed by atoms with Crippen molar-refractivity contribution in [1.82, 2.24) is 10.4 Å². The van der Waals surface area contributed by atoms with Crippen LogP contribution in [-0.4, -0.2) is 10.9 Å². The van der Waals surface area contributed by atoms with Gasteiger partial charge in [0.2, 0.25) is 0 Å². The molecule has 0 bridgehead atoms. The molecule has 0 aliphatic carbocycles. The summed E-state index contributed by atoms with van der Waals surface area (Å²) >= 11 is 11.6. The first kappa shape index (κ1) is 12.7. The third-order valence-electron chi connectivity index (χ3n) is 2.18. The first-order chi connectivity index (χ1) is 8.66. The highest BCUT2D eigenvalue weighted by Gasteiger charge is 2.04. The Bertz CT molecular complexity index is 561. The number of amides is 1. The average Bonchev–Trinajstić information content (AvgIpc) is 2.41. The predicted molar refractivity (Wildman–Crippen MR) is 71.8 cm³/mol. The van der Waals surface area contributed by atoms with Crippen LogP contribution in [0.3, 0.4) is 0 Å². The number of aromatic nitrogens is 1. The van der Waals surface area contributed by atoms with Crippen molar-refractivity contribution in [2.24, 2.45) is 0 Å². The third-order valence-corrected chi connectivity index (χ3v) is 2.92. The molecule has 2 N–H and O–H groups in total. The molecular formula is C12H9Cl2N3O. The molecule has 6 heteroatoms. The lowest BCUT2D eigenvalue weighted by Crippen LogP contribution is -2.29. The van der Waals surface area contributed by atoms with Crippen molar-refractivity contribution in [3.05, 3.63) is 58.3 Å². The van der Waals surface area contributed by atoms with Gasteiger partial charge in [0.15, 0.2) is 0 Å². The highest BCUT2D eigenvalue weighted by atomic mass is 35.5. The Labute approximate surface area is 114 Å². The van der Waals surface area contributed by atoms with Gasteiger partial charge in [0.1, 0.15) is 0 Å². The minimum Gasteiger partial charge on any atom is -0.298 e. The van der Waals surface area contributed by atoms with Gasteiger partial charge < -0.3 is 0 Å². The maximum atomic E-state index is 11.7. The lowest BCUT2D eigenvalue weighted by atomic mass is 10.2. The summed E-state index contributed by atoms with van der Waals surface area (Å²) in [4.78, 5) is 15.5. The van der Waals surface area contributed by atoms with Crippen LogP contribution in [0, 0.1) is 0 Å². The van der Waals surface area contributed by atoms with Crippen molar-refractivity contribution in [2.45, 2.75) is 0 Å². The van der Waals surface area contributed by atoms with Crippen LogP contribution in [0.15, 0.2) is 42.7 Å². The number of hydrogen-bond donors (Lipinski definition) is 2. The molecule has 0 saturated heterocycles. The lowest BCUT2D eigenvalue weighted by Gasteiger charge is -2.09. The average molecular weight is 282 g/mol. The summed E-state index contributed by atoms with van der Waals surface area (Å²) in [7, 11) is 0. The molecule has 0 spiro atoms. The summed E-state index contributed by atoms with van der Waals surface area (Å²) < 4.78 is 0. The predicted octanol–water partition coefficient (Wildman–Crippen LogP) is 3.15. The molecule has 1 aromatic carbocycles. The molecule has 0 aliphatic heterocycles. The summed E-state index contributed by atoms with van der Waals surface area (Å²) in [6, 6.07) is 8.21. The quantitative estimate of drug-likeness (QED) is 0.850. The molecule has 2 rings (SSSR count). The van der Waals surface area contributed by atoms with E-state index in [0.29, 0.717) is 21.3 Å². The van der Waals surface area contributed by atoms with Crippen molar-refractivity contribution in [1.29, 1.82) is 0 Å². The van der Waals surface area contributed by atoms with E-state index in [9.17, 15) is 4.79 Å². The van der Waals surface area contributed by atoms with E-state index in [1.54, 1.807) is 42.7 Å². The molecule has 0 fully saturated rings. The Kier molecular flexibility index (Phi) is 4.02. The number of hydrazine groups is 1. The van der Waals surface area contributed by atoms with Crippen LogP contribution in [0.4, 0.5) is 5.69 Å². The molecule has 1 aromatic heterocycles. The molecule has 92 valence electrons. The maximum Gasteiger partial charge on any atom is 0.269 e. The number of benzene rings is 1. The largest absolute Gasteiger partial charge is 0.298 e. The fourth-order valence-corrected chi connectivity index (χ4v) is 1.58. The molecular weight excluding hydrogens is 273 g/mol. The van der Waals surface area contributed by atoms with Crippen LogP contribution in [0.5, 0.6) is 0 Å². The van der Waals surface area contributed by atoms with Gasteiger partial charge in [-0.3, -0.25) is 20.6 Å². The molecule has 1 amide bonds. The number of anilines is 1. The fraction of sp³-hybridized carbons (Fsp3) is 0. The Morgan fingerprint density at radius 2 is 1.78 bits per heavy atom. The Morgan fingerprint density at radius 3 is 2.44 bits per heavy atom. The SMILES string of the molecule is O=C(NNc1ccc(Cl)c(Cl)c1)c1ccncc1. The van der Waals surface area contributed by atoms with E-state index in [0.717, 1.165) is 0 Å². The monoisotopic (exact) mass is 281 g/mol. The fourth-order valence-electron chi connectivity index (χ4n) is 1.28. The number of nitrogens with zero attached hydrogens (tertiary/aromatic N) is 1. The van der Waals surface area contributed by atoms with Gasteiger partial charge in [0.25, 0.3) is 5.91 Å². The number of carbonyl (C=O) groups is 1. The second kappa shape index (κ2) is 5.71. The molecule has 0 radical (unpaired) electrons. The van der Waals surface area contributed by atoms with Crippen LogP contribution in [0.1, 0.15) is 10.4 Å². The second-order valence-corrected chi connectivity index (χ2v) is 4.26. The zero-order chi connectivity index (χ0) is 13.0. The molecule has 0 aliphatic rings.